The van der Waals surface area contributed by atoms with Gasteiger partial charge < -0.3 is 18.9 Å². The number of ether oxygens (including phenoxy) is 4. The van der Waals surface area contributed by atoms with Gasteiger partial charge >= 0.3 is 0 Å². The summed E-state index contributed by atoms with van der Waals surface area (Å²) in [7, 11) is 0. The first-order chi connectivity index (χ1) is 19.0. The van der Waals surface area contributed by atoms with Crippen LogP contribution in [0.2, 0.25) is 0 Å². The average Bonchev–Trinajstić information content (AvgIpc) is 3.36. The molecule has 4 unspecified atom stereocenters. The van der Waals surface area contributed by atoms with Crippen LogP contribution in [-0.4, -0.2) is 85.5 Å². The first-order valence-corrected chi connectivity index (χ1v) is 15.1. The molecule has 216 valence electrons. The Morgan fingerprint density at radius 1 is 0.538 bits per heavy atom. The van der Waals surface area contributed by atoms with E-state index in [1.54, 1.807) is 0 Å². The van der Waals surface area contributed by atoms with Crippen molar-refractivity contribution in [1.29, 1.82) is 0 Å². The molecule has 6 aliphatic rings. The van der Waals surface area contributed by atoms with Crippen molar-refractivity contribution in [1.82, 2.24) is 9.80 Å². The molecule has 1 spiro atoms. The fourth-order valence-electron chi connectivity index (χ4n) is 7.49. The predicted molar refractivity (Wildman–Crippen MR) is 137 cm³/mol. The van der Waals surface area contributed by atoms with Crippen molar-refractivity contribution in [3.05, 3.63) is 0 Å². The van der Waals surface area contributed by atoms with Crippen LogP contribution in [0.15, 0.2) is 0 Å². The molecule has 4 heterocycles. The summed E-state index contributed by atoms with van der Waals surface area (Å²) in [6.07, 6.45) is 9.36. The zero-order valence-corrected chi connectivity index (χ0v) is 22.9. The van der Waals surface area contributed by atoms with Crippen LogP contribution in [0.3, 0.4) is 0 Å². The number of hydrogen-bond donors (Lipinski definition) is 0. The normalized spacial score (nSPS) is 39.0. The summed E-state index contributed by atoms with van der Waals surface area (Å²) in [4.78, 5) is 53.6. The topological polar surface area (TPSA) is 112 Å². The monoisotopic (exact) mass is 546 g/mol. The summed E-state index contributed by atoms with van der Waals surface area (Å²) in [5.41, 5.74) is -0.347. The van der Waals surface area contributed by atoms with E-state index in [2.05, 4.69) is 0 Å². The zero-order valence-electron chi connectivity index (χ0n) is 22.9. The van der Waals surface area contributed by atoms with Crippen LogP contribution in [0.5, 0.6) is 0 Å². The van der Waals surface area contributed by atoms with Gasteiger partial charge in [-0.05, 0) is 38.5 Å². The van der Waals surface area contributed by atoms with Crippen LogP contribution in [0, 0.1) is 29.1 Å². The predicted octanol–water partition coefficient (Wildman–Crippen LogP) is 2.63. The van der Waals surface area contributed by atoms with Crippen LogP contribution in [0.25, 0.3) is 0 Å². The summed E-state index contributed by atoms with van der Waals surface area (Å²) in [5, 5.41) is 0. The Kier molecular flexibility index (Phi) is 8.08. The maximum absolute atomic E-state index is 12.7. The molecule has 0 aromatic carbocycles. The van der Waals surface area contributed by atoms with E-state index in [0.29, 0.717) is 65.2 Å². The number of imide groups is 2. The quantitative estimate of drug-likeness (QED) is 0.427. The summed E-state index contributed by atoms with van der Waals surface area (Å²) < 4.78 is 23.9. The third-order valence-electron chi connectivity index (χ3n) is 9.81. The first kappa shape index (κ1) is 27.3. The van der Waals surface area contributed by atoms with Crippen LogP contribution in [0.1, 0.15) is 77.0 Å². The average molecular weight is 547 g/mol. The molecular formula is C29H42N2O8. The Labute approximate surface area is 230 Å². The number of fused-ring (bicyclic) bond motifs is 2. The third kappa shape index (κ3) is 5.42. The Balaban J connectivity index is 0.875. The first-order valence-electron chi connectivity index (χ1n) is 15.1. The number of carbonyl (C=O) groups is 4. The van der Waals surface area contributed by atoms with Gasteiger partial charge in [-0.1, -0.05) is 25.7 Å². The Morgan fingerprint density at radius 3 is 1.15 bits per heavy atom. The molecule has 4 amide bonds. The van der Waals surface area contributed by atoms with Gasteiger partial charge in [0.2, 0.25) is 23.6 Å². The number of likely N-dealkylation sites (tertiary alicyclic amines) is 2. The molecule has 2 saturated carbocycles. The highest BCUT2D eigenvalue weighted by Crippen LogP contribution is 2.39. The highest BCUT2D eigenvalue weighted by atomic mass is 16.7. The number of nitrogens with zero attached hydrogens (tertiary/aromatic N) is 2. The van der Waals surface area contributed by atoms with E-state index < -0.39 is 0 Å². The molecule has 4 atom stereocenters. The maximum Gasteiger partial charge on any atom is 0.233 e. The second-order valence-corrected chi connectivity index (χ2v) is 12.5. The SMILES string of the molecule is O=C1C2CCCCC2C(=O)N1CCCC1OCC2(CO1)COC(CCCN1C(=O)C3CCCCC3C1=O)OC2. The lowest BCUT2D eigenvalue weighted by Gasteiger charge is -2.43. The largest absolute Gasteiger partial charge is 0.352 e. The van der Waals surface area contributed by atoms with Gasteiger partial charge in [0.05, 0.1) is 55.5 Å². The summed E-state index contributed by atoms with van der Waals surface area (Å²) in [5.74, 6) is -0.353. The third-order valence-corrected chi connectivity index (χ3v) is 9.81. The number of carbonyl (C=O) groups excluding carboxylic acids is 4. The van der Waals surface area contributed by atoms with E-state index in [-0.39, 0.29) is 65.3 Å². The molecule has 0 radical (unpaired) electrons. The molecule has 6 fully saturated rings. The minimum Gasteiger partial charge on any atom is -0.352 e. The lowest BCUT2D eigenvalue weighted by Crippen LogP contribution is -2.52. The highest BCUT2D eigenvalue weighted by molar-refractivity contribution is 6.05. The van der Waals surface area contributed by atoms with Crippen LogP contribution in [0.4, 0.5) is 0 Å². The van der Waals surface area contributed by atoms with Gasteiger partial charge in [-0.2, -0.15) is 0 Å². The van der Waals surface area contributed by atoms with Crippen molar-refractivity contribution in [2.45, 2.75) is 89.6 Å². The molecule has 4 saturated heterocycles. The maximum atomic E-state index is 12.7. The second kappa shape index (κ2) is 11.5. The lowest BCUT2D eigenvalue weighted by molar-refractivity contribution is -0.304. The van der Waals surface area contributed by atoms with Gasteiger partial charge in [-0.25, -0.2) is 0 Å². The van der Waals surface area contributed by atoms with Crippen LogP contribution in [-0.2, 0) is 38.1 Å². The molecule has 0 aromatic rings. The molecule has 4 aliphatic heterocycles. The minimum absolute atomic E-state index is 0.0110. The molecule has 10 heteroatoms. The molecule has 0 aromatic heterocycles. The van der Waals surface area contributed by atoms with Gasteiger partial charge in [0.15, 0.2) is 12.6 Å². The summed E-state index contributed by atoms with van der Waals surface area (Å²) in [6.45, 7) is 2.74. The highest BCUT2D eigenvalue weighted by Gasteiger charge is 2.49. The Morgan fingerprint density at radius 2 is 0.846 bits per heavy atom. The molecular weight excluding hydrogens is 504 g/mol. The Hall–Kier alpha value is -1.88. The van der Waals surface area contributed by atoms with Crippen LogP contribution >= 0.6 is 0 Å². The van der Waals surface area contributed by atoms with Crippen molar-refractivity contribution in [3.63, 3.8) is 0 Å². The molecule has 0 bridgehead atoms. The number of rotatable bonds is 8. The van der Waals surface area contributed by atoms with E-state index in [1.165, 1.54) is 9.80 Å². The molecule has 0 N–H and O–H groups in total. The second-order valence-electron chi connectivity index (χ2n) is 12.5. The van der Waals surface area contributed by atoms with Gasteiger partial charge in [-0.3, -0.25) is 29.0 Å². The van der Waals surface area contributed by atoms with Crippen molar-refractivity contribution in [3.8, 4) is 0 Å². The van der Waals surface area contributed by atoms with Gasteiger partial charge in [0.1, 0.15) is 0 Å². The smallest absolute Gasteiger partial charge is 0.233 e. The van der Waals surface area contributed by atoms with Gasteiger partial charge in [-0.15, -0.1) is 0 Å². The van der Waals surface area contributed by atoms with E-state index in [4.69, 9.17) is 18.9 Å². The van der Waals surface area contributed by atoms with Gasteiger partial charge in [0, 0.05) is 25.9 Å². The van der Waals surface area contributed by atoms with Crippen molar-refractivity contribution in [2.75, 3.05) is 39.5 Å². The van der Waals surface area contributed by atoms with E-state index in [9.17, 15) is 19.2 Å². The van der Waals surface area contributed by atoms with Crippen molar-refractivity contribution in [2.24, 2.45) is 29.1 Å². The van der Waals surface area contributed by atoms with E-state index in [0.717, 1.165) is 51.4 Å². The van der Waals surface area contributed by atoms with Crippen LogP contribution < -0.4 is 0 Å². The Bertz CT molecular complexity index is 827. The van der Waals surface area contributed by atoms with Crippen molar-refractivity contribution < 1.29 is 38.1 Å². The minimum atomic E-state index is -0.359. The van der Waals surface area contributed by atoms with E-state index in [1.807, 2.05) is 0 Å². The van der Waals surface area contributed by atoms with Crippen molar-refractivity contribution >= 4 is 23.6 Å². The molecule has 6 rings (SSSR count). The lowest BCUT2D eigenvalue weighted by atomic mass is 9.81. The zero-order chi connectivity index (χ0) is 27.0. The standard InChI is InChI=1S/C29H42N2O8/c32-25-19-7-1-2-8-20(19)26(33)30(25)13-5-11-23-36-15-29(16-37-23)17-38-24(39-18-29)12-6-14-31-27(34)21-9-3-4-10-22(21)28(31)35/h19-24H,1-18H2. The fourth-order valence-corrected chi connectivity index (χ4v) is 7.49. The van der Waals surface area contributed by atoms with E-state index >= 15 is 0 Å². The summed E-state index contributed by atoms with van der Waals surface area (Å²) >= 11 is 0. The molecule has 2 aliphatic carbocycles. The summed E-state index contributed by atoms with van der Waals surface area (Å²) in [6, 6.07) is 0. The number of amides is 4. The number of hydrogen-bond acceptors (Lipinski definition) is 8. The molecule has 10 nitrogen and oxygen atoms in total. The van der Waals surface area contributed by atoms with Gasteiger partial charge in [0.25, 0.3) is 0 Å². The molecule has 39 heavy (non-hydrogen) atoms. The fraction of sp³-hybridized carbons (Fsp3) is 0.862.